The molecule has 0 aromatic carbocycles. The largest absolute Gasteiger partial charge is 0.462 e. The van der Waals surface area contributed by atoms with Crippen LogP contribution in [0.5, 0.6) is 0 Å². The Bertz CT molecular complexity index is 1010. The predicted octanol–water partition coefficient (Wildman–Crippen LogP) is 4.75. The molecule has 3 rings (SSSR count). The van der Waals surface area contributed by atoms with Gasteiger partial charge in [0.05, 0.1) is 6.42 Å². The summed E-state index contributed by atoms with van der Waals surface area (Å²) in [6.45, 7) is 23.1. The zero-order chi connectivity index (χ0) is 33.0. The Labute approximate surface area is 257 Å². The lowest BCUT2D eigenvalue weighted by molar-refractivity contribution is -0.260. The number of piperidine rings is 3. The normalized spacial score (nSPS) is 28.0. The third-order valence-electron chi connectivity index (χ3n) is 9.16. The summed E-state index contributed by atoms with van der Waals surface area (Å²) in [5.74, 6) is -3.82. The molecule has 1 unspecified atom stereocenters. The highest BCUT2D eigenvalue weighted by molar-refractivity contribution is 5.98. The summed E-state index contributed by atoms with van der Waals surface area (Å²) in [4.78, 5) is 40.6. The summed E-state index contributed by atoms with van der Waals surface area (Å²) in [7, 11) is 0. The molecule has 0 aliphatic carbocycles. The van der Waals surface area contributed by atoms with Crippen molar-refractivity contribution in [1.29, 1.82) is 0 Å². The summed E-state index contributed by atoms with van der Waals surface area (Å²) in [5.41, 5.74) is -3.21. The van der Waals surface area contributed by atoms with Crippen LogP contribution in [0.2, 0.25) is 0 Å². The van der Waals surface area contributed by atoms with Gasteiger partial charge in [-0.25, -0.2) is 0 Å². The van der Waals surface area contributed by atoms with Gasteiger partial charge in [0.2, 0.25) is 0 Å². The highest BCUT2D eigenvalue weighted by Crippen LogP contribution is 2.40. The van der Waals surface area contributed by atoms with Crippen LogP contribution in [0.3, 0.4) is 0 Å². The summed E-state index contributed by atoms with van der Waals surface area (Å²) < 4.78 is 17.7. The maximum absolute atomic E-state index is 13.7. The SMILES string of the molecule is CC1(C)CC(OC(=O)C(CC(=O)OC2CC(C)(C)N(O)C(C)(C)C2)C(=O)OC2CC(C)(C)N(O)C(C)(C)C2)CC(C)(C)N1. The van der Waals surface area contributed by atoms with E-state index >= 15 is 0 Å². The van der Waals surface area contributed by atoms with Gasteiger partial charge in [0.1, 0.15) is 18.3 Å². The lowest BCUT2D eigenvalue weighted by atomic mass is 9.80. The minimum atomic E-state index is -1.49. The van der Waals surface area contributed by atoms with Gasteiger partial charge in [-0.05, 0) is 83.1 Å². The second-order valence-corrected chi connectivity index (χ2v) is 17.0. The van der Waals surface area contributed by atoms with Gasteiger partial charge >= 0.3 is 17.9 Å². The highest BCUT2D eigenvalue weighted by atomic mass is 16.6. The molecule has 3 aliphatic heterocycles. The summed E-state index contributed by atoms with van der Waals surface area (Å²) in [6, 6.07) is 0. The van der Waals surface area contributed by atoms with E-state index < -0.39 is 70.7 Å². The zero-order valence-corrected chi connectivity index (χ0v) is 28.5. The minimum Gasteiger partial charge on any atom is -0.462 e. The Kier molecular flexibility index (Phi) is 9.84. The van der Waals surface area contributed by atoms with E-state index in [9.17, 15) is 24.8 Å². The number of ether oxygens (including phenoxy) is 3. The molecule has 3 N–H and O–H groups in total. The average Bonchev–Trinajstić information content (AvgIpc) is 2.76. The molecular formula is C32H57N3O8. The first-order chi connectivity index (χ1) is 19.3. The number of nitrogens with one attached hydrogen (secondary N) is 1. The predicted molar refractivity (Wildman–Crippen MR) is 160 cm³/mol. The molecule has 3 saturated heterocycles. The number of rotatable bonds is 7. The standard InChI is InChI=1S/C32H57N3O8/c1-27(2)14-20(15-28(3,4)33-27)42-25(37)23(26(38)43-22-18-31(9,10)35(40)32(11,12)19-22)13-24(36)41-21-16-29(5,6)34(39)30(7,8)17-21/h20-23,33,39-40H,13-19H2,1-12H3. The Morgan fingerprint density at radius 1 is 0.605 bits per heavy atom. The van der Waals surface area contributed by atoms with Gasteiger partial charge in [0.15, 0.2) is 5.92 Å². The Balaban J connectivity index is 1.79. The van der Waals surface area contributed by atoms with Crippen LogP contribution in [-0.2, 0) is 28.6 Å². The van der Waals surface area contributed by atoms with Crippen LogP contribution in [-0.4, -0.2) is 90.0 Å². The van der Waals surface area contributed by atoms with Crippen molar-refractivity contribution in [3.8, 4) is 0 Å². The summed E-state index contributed by atoms with van der Waals surface area (Å²) in [6.07, 6.45) is 0.553. The van der Waals surface area contributed by atoms with Crippen molar-refractivity contribution >= 4 is 17.9 Å². The van der Waals surface area contributed by atoms with Gasteiger partial charge < -0.3 is 29.9 Å². The molecule has 1 atom stereocenters. The fourth-order valence-corrected chi connectivity index (χ4v) is 7.99. The number of carbonyl (C=O) groups excluding carboxylic acids is 3. The van der Waals surface area contributed by atoms with Crippen LogP contribution in [0.4, 0.5) is 0 Å². The van der Waals surface area contributed by atoms with E-state index in [4.69, 9.17) is 14.2 Å². The Hall–Kier alpha value is -1.79. The molecule has 0 aromatic rings. The molecular weight excluding hydrogens is 554 g/mol. The van der Waals surface area contributed by atoms with Crippen LogP contribution in [0, 0.1) is 5.92 Å². The van der Waals surface area contributed by atoms with E-state index in [1.54, 1.807) is 0 Å². The van der Waals surface area contributed by atoms with Crippen molar-refractivity contribution in [2.75, 3.05) is 0 Å². The zero-order valence-electron chi connectivity index (χ0n) is 28.5. The van der Waals surface area contributed by atoms with Crippen LogP contribution in [0.1, 0.15) is 128 Å². The smallest absolute Gasteiger partial charge is 0.321 e. The van der Waals surface area contributed by atoms with Gasteiger partial charge in [-0.1, -0.05) is 0 Å². The lowest BCUT2D eigenvalue weighted by Crippen LogP contribution is -2.61. The van der Waals surface area contributed by atoms with Gasteiger partial charge in [-0.15, -0.1) is 0 Å². The topological polar surface area (TPSA) is 138 Å². The molecule has 11 heteroatoms. The fraction of sp³-hybridized carbons (Fsp3) is 0.906. The first-order valence-electron chi connectivity index (χ1n) is 15.6. The average molecular weight is 612 g/mol. The van der Waals surface area contributed by atoms with E-state index in [1.165, 1.54) is 10.1 Å². The number of hydrogen-bond donors (Lipinski definition) is 3. The quantitative estimate of drug-likeness (QED) is 0.209. The highest BCUT2D eigenvalue weighted by Gasteiger charge is 2.49. The monoisotopic (exact) mass is 611 g/mol. The van der Waals surface area contributed by atoms with E-state index in [2.05, 4.69) is 5.32 Å². The molecule has 3 heterocycles. The van der Waals surface area contributed by atoms with Crippen LogP contribution in [0.15, 0.2) is 0 Å². The van der Waals surface area contributed by atoms with E-state index in [-0.39, 0.29) is 11.1 Å². The van der Waals surface area contributed by atoms with Crippen molar-refractivity contribution in [2.45, 2.75) is 180 Å². The number of hydrogen-bond acceptors (Lipinski definition) is 11. The molecule has 11 nitrogen and oxygen atoms in total. The molecule has 0 aromatic heterocycles. The second kappa shape index (κ2) is 11.9. The molecule has 0 amide bonds. The maximum Gasteiger partial charge on any atom is 0.321 e. The number of nitrogens with zero attached hydrogens (tertiary/aromatic N) is 2. The van der Waals surface area contributed by atoms with Crippen LogP contribution in [0.25, 0.3) is 0 Å². The molecule has 0 spiro atoms. The first kappa shape index (κ1) is 35.7. The number of esters is 3. The van der Waals surface area contributed by atoms with Crippen LogP contribution >= 0.6 is 0 Å². The summed E-state index contributed by atoms with van der Waals surface area (Å²) >= 11 is 0. The third-order valence-corrected chi connectivity index (χ3v) is 9.16. The van der Waals surface area contributed by atoms with Gasteiger partial charge in [0, 0.05) is 71.8 Å². The molecule has 3 fully saturated rings. The maximum atomic E-state index is 13.7. The minimum absolute atomic E-state index is 0.293. The molecule has 0 radical (unpaired) electrons. The second-order valence-electron chi connectivity index (χ2n) is 17.0. The lowest BCUT2D eigenvalue weighted by Gasteiger charge is -2.51. The third kappa shape index (κ3) is 8.69. The van der Waals surface area contributed by atoms with E-state index in [0.29, 0.717) is 38.5 Å². The number of hydroxylamine groups is 4. The Morgan fingerprint density at radius 3 is 1.26 bits per heavy atom. The molecule has 0 saturated carbocycles. The van der Waals surface area contributed by atoms with Crippen molar-refractivity contribution in [1.82, 2.24) is 15.4 Å². The van der Waals surface area contributed by atoms with Crippen molar-refractivity contribution in [3.05, 3.63) is 0 Å². The van der Waals surface area contributed by atoms with Crippen molar-refractivity contribution in [3.63, 3.8) is 0 Å². The molecule has 3 aliphatic rings. The van der Waals surface area contributed by atoms with E-state index in [0.717, 1.165) is 0 Å². The van der Waals surface area contributed by atoms with Crippen molar-refractivity contribution in [2.24, 2.45) is 5.92 Å². The summed E-state index contributed by atoms with van der Waals surface area (Å²) in [5, 5.41) is 27.4. The first-order valence-corrected chi connectivity index (χ1v) is 15.6. The molecule has 0 bridgehead atoms. The Morgan fingerprint density at radius 2 is 0.907 bits per heavy atom. The molecule has 43 heavy (non-hydrogen) atoms. The van der Waals surface area contributed by atoms with Crippen LogP contribution < -0.4 is 5.32 Å². The van der Waals surface area contributed by atoms with E-state index in [1.807, 2.05) is 83.1 Å². The van der Waals surface area contributed by atoms with Gasteiger partial charge in [0.25, 0.3) is 0 Å². The van der Waals surface area contributed by atoms with Gasteiger partial charge in [-0.3, -0.25) is 14.4 Å². The number of carbonyl (C=O) groups is 3. The fourth-order valence-electron chi connectivity index (χ4n) is 7.99. The van der Waals surface area contributed by atoms with Gasteiger partial charge in [-0.2, -0.15) is 10.1 Å². The molecule has 248 valence electrons. The van der Waals surface area contributed by atoms with Crippen molar-refractivity contribution < 1.29 is 39.0 Å².